The fourth-order valence-electron chi connectivity index (χ4n) is 3.81. The topological polar surface area (TPSA) is 151 Å². The van der Waals surface area contributed by atoms with Crippen LogP contribution in [0.25, 0.3) is 0 Å². The molecule has 0 saturated carbocycles. The standard InChI is InChI=1S/C22H22Cl2N6O4S/c23-14-4-5-18(24)19(7-14)35(33,34)29-15-3-1-2-13(6-15)22(32)26-10-16-8-17(31)11-30(16)21-9-20(25)27-12-28-21/h1-7,9,12,16-17,29,31H,8,10-11H2,(H,26,32)(H2,25,27,28)/t16-,17-/m1/s1. The maximum atomic E-state index is 12.8. The third kappa shape index (κ3) is 5.93. The van der Waals surface area contributed by atoms with E-state index in [2.05, 4.69) is 20.0 Å². The number of benzene rings is 2. The Hall–Kier alpha value is -3.12. The van der Waals surface area contributed by atoms with Crippen LogP contribution in [0.4, 0.5) is 17.3 Å². The van der Waals surface area contributed by atoms with Gasteiger partial charge < -0.3 is 21.1 Å². The molecule has 1 fully saturated rings. The average Bonchev–Trinajstić information content (AvgIpc) is 3.19. The quantitative estimate of drug-likeness (QED) is 0.359. The number of aliphatic hydroxyl groups excluding tert-OH is 1. The number of anilines is 3. The minimum Gasteiger partial charge on any atom is -0.391 e. The van der Waals surface area contributed by atoms with Crippen LogP contribution in [0.3, 0.4) is 0 Å². The molecule has 1 amide bonds. The van der Waals surface area contributed by atoms with Gasteiger partial charge in [0.15, 0.2) is 0 Å². The van der Waals surface area contributed by atoms with Gasteiger partial charge in [-0.25, -0.2) is 18.4 Å². The molecule has 0 radical (unpaired) electrons. The molecule has 1 saturated heterocycles. The van der Waals surface area contributed by atoms with Crippen molar-refractivity contribution in [1.82, 2.24) is 15.3 Å². The van der Waals surface area contributed by atoms with Gasteiger partial charge in [0, 0.05) is 35.4 Å². The number of nitrogens with zero attached hydrogens (tertiary/aromatic N) is 3. The van der Waals surface area contributed by atoms with Crippen LogP contribution in [0.1, 0.15) is 16.8 Å². The van der Waals surface area contributed by atoms with Crippen LogP contribution < -0.4 is 20.7 Å². The van der Waals surface area contributed by atoms with Gasteiger partial charge in [-0.05, 0) is 42.8 Å². The lowest BCUT2D eigenvalue weighted by Crippen LogP contribution is -2.40. The van der Waals surface area contributed by atoms with Crippen molar-refractivity contribution in [2.45, 2.75) is 23.5 Å². The maximum absolute atomic E-state index is 12.8. The summed E-state index contributed by atoms with van der Waals surface area (Å²) in [5.74, 6) is 0.456. The number of aromatic nitrogens is 2. The van der Waals surface area contributed by atoms with Crippen molar-refractivity contribution in [2.24, 2.45) is 0 Å². The van der Waals surface area contributed by atoms with Crippen molar-refractivity contribution in [3.8, 4) is 0 Å². The summed E-state index contributed by atoms with van der Waals surface area (Å²) < 4.78 is 28.0. The Morgan fingerprint density at radius 2 is 1.97 bits per heavy atom. The summed E-state index contributed by atoms with van der Waals surface area (Å²) in [4.78, 5) is 22.6. The molecule has 1 aliphatic heterocycles. The Balaban J connectivity index is 1.45. The van der Waals surface area contributed by atoms with Crippen LogP contribution in [0.5, 0.6) is 0 Å². The largest absolute Gasteiger partial charge is 0.391 e. The number of rotatable bonds is 7. The maximum Gasteiger partial charge on any atom is 0.263 e. The highest BCUT2D eigenvalue weighted by molar-refractivity contribution is 7.92. The fourth-order valence-corrected chi connectivity index (χ4v) is 5.63. The number of hydrogen-bond donors (Lipinski definition) is 4. The van der Waals surface area contributed by atoms with Gasteiger partial charge in [0.05, 0.1) is 17.2 Å². The van der Waals surface area contributed by atoms with E-state index >= 15 is 0 Å². The predicted octanol–water partition coefficient (Wildman–Crippen LogP) is 2.54. The summed E-state index contributed by atoms with van der Waals surface area (Å²) in [6.45, 7) is 0.578. The Morgan fingerprint density at radius 3 is 2.74 bits per heavy atom. The van der Waals surface area contributed by atoms with Crippen LogP contribution in [-0.4, -0.2) is 54.6 Å². The molecule has 13 heteroatoms. The molecule has 1 aromatic heterocycles. The van der Waals surface area contributed by atoms with Crippen LogP contribution in [0, 0.1) is 0 Å². The van der Waals surface area contributed by atoms with Crippen molar-refractivity contribution < 1.29 is 18.3 Å². The number of aliphatic hydroxyl groups is 1. The zero-order valence-corrected chi connectivity index (χ0v) is 20.6. The normalized spacial score (nSPS) is 17.9. The second kappa shape index (κ2) is 10.2. The number of halogens is 2. The Kier molecular flexibility index (Phi) is 7.31. The number of hydrogen-bond acceptors (Lipinski definition) is 8. The van der Waals surface area contributed by atoms with E-state index in [1.807, 2.05) is 4.90 Å². The van der Waals surface area contributed by atoms with E-state index in [0.29, 0.717) is 24.6 Å². The van der Waals surface area contributed by atoms with Gasteiger partial charge in [0.25, 0.3) is 15.9 Å². The molecule has 10 nitrogen and oxygen atoms in total. The van der Waals surface area contributed by atoms with Crippen molar-refractivity contribution in [1.29, 1.82) is 0 Å². The number of nitrogens with two attached hydrogens (primary N) is 1. The van der Waals surface area contributed by atoms with Gasteiger partial charge in [-0.2, -0.15) is 0 Å². The first-order valence-corrected chi connectivity index (χ1v) is 12.7. The number of sulfonamides is 1. The van der Waals surface area contributed by atoms with E-state index in [1.165, 1.54) is 36.7 Å². The number of amides is 1. The van der Waals surface area contributed by atoms with Crippen molar-refractivity contribution in [3.63, 3.8) is 0 Å². The second-order valence-corrected chi connectivity index (χ2v) is 10.5. The van der Waals surface area contributed by atoms with Gasteiger partial charge in [-0.3, -0.25) is 9.52 Å². The molecule has 5 N–H and O–H groups in total. The summed E-state index contributed by atoms with van der Waals surface area (Å²) in [5.41, 5.74) is 6.17. The van der Waals surface area contributed by atoms with E-state index < -0.39 is 22.0 Å². The Morgan fingerprint density at radius 1 is 1.17 bits per heavy atom. The van der Waals surface area contributed by atoms with Crippen LogP contribution >= 0.6 is 23.2 Å². The molecular formula is C22H22Cl2N6O4S. The number of carbonyl (C=O) groups is 1. The monoisotopic (exact) mass is 536 g/mol. The Bertz CT molecular complexity index is 1360. The zero-order chi connectivity index (χ0) is 25.2. The summed E-state index contributed by atoms with van der Waals surface area (Å²) in [5, 5.41) is 13.2. The summed E-state index contributed by atoms with van der Waals surface area (Å²) >= 11 is 11.9. The molecule has 2 aromatic carbocycles. The summed E-state index contributed by atoms with van der Waals surface area (Å²) in [6.07, 6.45) is 1.20. The lowest BCUT2D eigenvalue weighted by Gasteiger charge is -2.25. The Labute approximate surface area is 212 Å². The van der Waals surface area contributed by atoms with Crippen molar-refractivity contribution in [3.05, 3.63) is 70.5 Å². The van der Waals surface area contributed by atoms with E-state index in [0.717, 1.165) is 0 Å². The highest BCUT2D eigenvalue weighted by Crippen LogP contribution is 2.27. The molecule has 35 heavy (non-hydrogen) atoms. The number of nitrogen functional groups attached to an aromatic ring is 1. The number of β-amino-alcohol motifs (C(OH)–C–C–N with tert-alkyl or cyclic N) is 1. The van der Waals surface area contributed by atoms with Crippen LogP contribution in [0.15, 0.2) is 59.8 Å². The molecule has 184 valence electrons. The van der Waals surface area contributed by atoms with Gasteiger partial charge in [-0.1, -0.05) is 29.3 Å². The molecular weight excluding hydrogens is 515 g/mol. The molecule has 1 aliphatic rings. The molecule has 2 atom stereocenters. The third-order valence-electron chi connectivity index (χ3n) is 5.42. The first kappa shape index (κ1) is 25.0. The van der Waals surface area contributed by atoms with Gasteiger partial charge >= 0.3 is 0 Å². The highest BCUT2D eigenvalue weighted by atomic mass is 35.5. The van der Waals surface area contributed by atoms with Gasteiger partial charge in [-0.15, -0.1) is 0 Å². The zero-order valence-electron chi connectivity index (χ0n) is 18.2. The molecule has 0 aliphatic carbocycles. The van der Waals surface area contributed by atoms with Crippen molar-refractivity contribution >= 4 is 56.5 Å². The molecule has 2 heterocycles. The third-order valence-corrected chi connectivity index (χ3v) is 7.52. The average molecular weight is 537 g/mol. The van der Waals surface area contributed by atoms with E-state index in [4.69, 9.17) is 28.9 Å². The van der Waals surface area contributed by atoms with Crippen molar-refractivity contribution in [2.75, 3.05) is 28.4 Å². The number of carbonyl (C=O) groups excluding carboxylic acids is 1. The minimum atomic E-state index is -4.04. The predicted molar refractivity (Wildman–Crippen MR) is 134 cm³/mol. The molecule has 0 bridgehead atoms. The van der Waals surface area contributed by atoms with Gasteiger partial charge in [0.2, 0.25) is 0 Å². The molecule has 0 unspecified atom stereocenters. The van der Waals surface area contributed by atoms with Crippen LogP contribution in [0.2, 0.25) is 10.0 Å². The first-order chi connectivity index (χ1) is 16.6. The summed E-state index contributed by atoms with van der Waals surface area (Å²) in [7, 11) is -4.04. The lowest BCUT2D eigenvalue weighted by atomic mass is 10.1. The second-order valence-electron chi connectivity index (χ2n) is 7.97. The van der Waals surface area contributed by atoms with E-state index in [9.17, 15) is 18.3 Å². The molecule has 0 spiro atoms. The minimum absolute atomic E-state index is 0.0181. The highest BCUT2D eigenvalue weighted by Gasteiger charge is 2.32. The SMILES string of the molecule is Nc1cc(N2C[C@H](O)C[C@@H]2CNC(=O)c2cccc(NS(=O)(=O)c3cc(Cl)ccc3Cl)c2)ncn1. The first-order valence-electron chi connectivity index (χ1n) is 10.5. The molecule has 4 rings (SSSR count). The van der Waals surface area contributed by atoms with E-state index in [1.54, 1.807) is 18.2 Å². The molecule has 3 aromatic rings. The van der Waals surface area contributed by atoms with E-state index in [-0.39, 0.29) is 38.8 Å². The summed E-state index contributed by atoms with van der Waals surface area (Å²) in [6, 6.07) is 11.6. The smallest absolute Gasteiger partial charge is 0.263 e. The van der Waals surface area contributed by atoms with Crippen LogP contribution in [-0.2, 0) is 10.0 Å². The van der Waals surface area contributed by atoms with Gasteiger partial charge in [0.1, 0.15) is 22.9 Å². The fraction of sp³-hybridized carbons (Fsp3) is 0.227. The lowest BCUT2D eigenvalue weighted by molar-refractivity contribution is 0.0950. The number of nitrogens with one attached hydrogen (secondary N) is 2.